The van der Waals surface area contributed by atoms with Crippen molar-refractivity contribution >= 4 is 0 Å². The second kappa shape index (κ2) is 3.82. The van der Waals surface area contributed by atoms with E-state index in [-0.39, 0.29) is 25.8 Å². The molecule has 0 bridgehead atoms. The highest BCUT2D eigenvalue weighted by atomic mass is 19.4. The van der Waals surface area contributed by atoms with Crippen molar-refractivity contribution in [3.63, 3.8) is 0 Å². The lowest BCUT2D eigenvalue weighted by molar-refractivity contribution is -0.189. The molecule has 1 rings (SSSR count). The predicted molar refractivity (Wildman–Crippen MR) is 40.8 cm³/mol. The van der Waals surface area contributed by atoms with E-state index in [9.17, 15) is 17.6 Å². The summed E-state index contributed by atoms with van der Waals surface area (Å²) in [6.45, 7) is 0.00769. The zero-order chi connectivity index (χ0) is 10.1. The van der Waals surface area contributed by atoms with Gasteiger partial charge in [-0.1, -0.05) is 0 Å². The quantitative estimate of drug-likeness (QED) is 0.644. The average molecular weight is 199 g/mol. The Balaban J connectivity index is 2.55. The van der Waals surface area contributed by atoms with E-state index in [2.05, 4.69) is 0 Å². The minimum Gasteiger partial charge on any atom is -0.330 e. The van der Waals surface area contributed by atoms with Gasteiger partial charge in [0.2, 0.25) is 0 Å². The molecule has 1 nitrogen and oxygen atoms in total. The van der Waals surface area contributed by atoms with Crippen LogP contribution in [-0.4, -0.2) is 18.9 Å². The molecule has 0 aliphatic heterocycles. The highest BCUT2D eigenvalue weighted by Gasteiger charge is 2.44. The zero-order valence-corrected chi connectivity index (χ0v) is 7.15. The first-order valence-electron chi connectivity index (χ1n) is 4.36. The maximum Gasteiger partial charge on any atom is 0.391 e. The molecule has 0 heterocycles. The molecule has 1 fully saturated rings. The van der Waals surface area contributed by atoms with Gasteiger partial charge in [-0.15, -0.1) is 0 Å². The van der Waals surface area contributed by atoms with Crippen molar-refractivity contribution in [2.45, 2.75) is 31.6 Å². The second-order valence-corrected chi connectivity index (χ2v) is 3.56. The lowest BCUT2D eigenvalue weighted by Crippen LogP contribution is -2.37. The molecule has 0 aromatic rings. The average Bonchev–Trinajstić information content (AvgIpc) is 2.03. The fourth-order valence-electron chi connectivity index (χ4n) is 1.77. The molecule has 13 heavy (non-hydrogen) atoms. The summed E-state index contributed by atoms with van der Waals surface area (Å²) in [7, 11) is 0. The van der Waals surface area contributed by atoms with Gasteiger partial charge in [0.25, 0.3) is 0 Å². The van der Waals surface area contributed by atoms with E-state index in [4.69, 9.17) is 5.73 Å². The molecule has 78 valence electrons. The lowest BCUT2D eigenvalue weighted by atomic mass is 9.80. The summed E-state index contributed by atoms with van der Waals surface area (Å²) >= 11 is 0. The first-order valence-corrected chi connectivity index (χ1v) is 4.36. The van der Waals surface area contributed by atoms with E-state index in [1.807, 2.05) is 0 Å². The van der Waals surface area contributed by atoms with Crippen LogP contribution in [0.5, 0.6) is 0 Å². The standard InChI is InChI=1S/C8H13F4N/c9-7-2-1-6(8(10,11)12)3-5(7)4-13/h5-7H,1-4,13H2. The van der Waals surface area contributed by atoms with Gasteiger partial charge in [-0.3, -0.25) is 0 Å². The van der Waals surface area contributed by atoms with Crippen LogP contribution >= 0.6 is 0 Å². The first-order chi connectivity index (χ1) is 5.95. The van der Waals surface area contributed by atoms with Crippen molar-refractivity contribution in [2.24, 2.45) is 17.6 Å². The molecule has 1 aliphatic carbocycles. The first kappa shape index (κ1) is 10.8. The minimum absolute atomic E-state index is 0.00769. The summed E-state index contributed by atoms with van der Waals surface area (Å²) in [5.74, 6) is -1.96. The number of hydrogen-bond acceptors (Lipinski definition) is 1. The second-order valence-electron chi connectivity index (χ2n) is 3.56. The summed E-state index contributed by atoms with van der Waals surface area (Å²) in [4.78, 5) is 0. The Hall–Kier alpha value is -0.320. The fraction of sp³-hybridized carbons (Fsp3) is 1.00. The molecular formula is C8H13F4N. The largest absolute Gasteiger partial charge is 0.391 e. The topological polar surface area (TPSA) is 26.0 Å². The van der Waals surface area contributed by atoms with Crippen molar-refractivity contribution < 1.29 is 17.6 Å². The molecule has 3 atom stereocenters. The number of halogens is 4. The third kappa shape index (κ3) is 2.56. The zero-order valence-electron chi connectivity index (χ0n) is 7.15. The van der Waals surface area contributed by atoms with E-state index in [1.165, 1.54) is 0 Å². The molecule has 5 heteroatoms. The Morgan fingerprint density at radius 1 is 1.23 bits per heavy atom. The number of hydrogen-bond donors (Lipinski definition) is 1. The third-order valence-electron chi connectivity index (χ3n) is 2.66. The summed E-state index contributed by atoms with van der Waals surface area (Å²) in [5, 5.41) is 0. The van der Waals surface area contributed by atoms with E-state index < -0.39 is 24.2 Å². The van der Waals surface area contributed by atoms with Gasteiger partial charge in [-0.2, -0.15) is 13.2 Å². The highest BCUT2D eigenvalue weighted by Crippen LogP contribution is 2.40. The van der Waals surface area contributed by atoms with E-state index >= 15 is 0 Å². The van der Waals surface area contributed by atoms with Gasteiger partial charge < -0.3 is 5.73 Å². The summed E-state index contributed by atoms with van der Waals surface area (Å²) in [6.07, 6.45) is -5.59. The van der Waals surface area contributed by atoms with Crippen LogP contribution < -0.4 is 5.73 Å². The SMILES string of the molecule is NCC1CC(C(F)(F)F)CCC1F. The summed E-state index contributed by atoms with van der Waals surface area (Å²) < 4.78 is 49.6. The van der Waals surface area contributed by atoms with Crippen molar-refractivity contribution in [3.05, 3.63) is 0 Å². The fourth-order valence-corrected chi connectivity index (χ4v) is 1.77. The summed E-state index contributed by atoms with van der Waals surface area (Å²) in [6, 6.07) is 0. The molecule has 0 aromatic carbocycles. The molecule has 0 amide bonds. The van der Waals surface area contributed by atoms with Crippen molar-refractivity contribution in [2.75, 3.05) is 6.54 Å². The van der Waals surface area contributed by atoms with Crippen molar-refractivity contribution in [1.82, 2.24) is 0 Å². The van der Waals surface area contributed by atoms with Gasteiger partial charge >= 0.3 is 6.18 Å². The van der Waals surface area contributed by atoms with Crippen LogP contribution in [0.4, 0.5) is 17.6 Å². The Bertz CT molecular complexity index is 168. The van der Waals surface area contributed by atoms with E-state index in [0.29, 0.717) is 0 Å². The van der Waals surface area contributed by atoms with E-state index in [1.54, 1.807) is 0 Å². The highest BCUT2D eigenvalue weighted by molar-refractivity contribution is 4.83. The molecular weight excluding hydrogens is 186 g/mol. The minimum atomic E-state index is -4.19. The van der Waals surface area contributed by atoms with Gasteiger partial charge in [0.05, 0.1) is 5.92 Å². The number of rotatable bonds is 1. The molecule has 2 N–H and O–H groups in total. The molecule has 3 unspecified atom stereocenters. The van der Waals surface area contributed by atoms with Crippen molar-refractivity contribution in [1.29, 1.82) is 0 Å². The molecule has 0 saturated heterocycles. The van der Waals surface area contributed by atoms with Gasteiger partial charge in [0.15, 0.2) is 0 Å². The molecule has 0 aromatic heterocycles. The normalized spacial score (nSPS) is 36.2. The van der Waals surface area contributed by atoms with Crippen LogP contribution in [0, 0.1) is 11.8 Å². The van der Waals surface area contributed by atoms with Gasteiger partial charge in [-0.25, -0.2) is 4.39 Å². The molecule has 1 saturated carbocycles. The van der Waals surface area contributed by atoms with Crippen LogP contribution in [0.2, 0.25) is 0 Å². The molecule has 1 aliphatic rings. The van der Waals surface area contributed by atoms with Gasteiger partial charge in [0, 0.05) is 5.92 Å². The molecule has 0 spiro atoms. The Morgan fingerprint density at radius 3 is 2.31 bits per heavy atom. The Morgan fingerprint density at radius 2 is 1.85 bits per heavy atom. The Labute approximate surface area is 74.3 Å². The molecule has 0 radical (unpaired) electrons. The lowest BCUT2D eigenvalue weighted by Gasteiger charge is -2.32. The van der Waals surface area contributed by atoms with Crippen LogP contribution in [0.1, 0.15) is 19.3 Å². The van der Waals surface area contributed by atoms with Gasteiger partial charge in [0.1, 0.15) is 6.17 Å². The van der Waals surface area contributed by atoms with Gasteiger partial charge in [-0.05, 0) is 25.8 Å². The summed E-state index contributed by atoms with van der Waals surface area (Å²) in [5.41, 5.74) is 5.19. The Kier molecular flexibility index (Phi) is 3.16. The number of nitrogens with two attached hydrogens (primary N) is 1. The third-order valence-corrected chi connectivity index (χ3v) is 2.66. The smallest absolute Gasteiger partial charge is 0.330 e. The number of alkyl halides is 4. The van der Waals surface area contributed by atoms with E-state index in [0.717, 1.165) is 0 Å². The van der Waals surface area contributed by atoms with Crippen LogP contribution in [0.25, 0.3) is 0 Å². The van der Waals surface area contributed by atoms with Crippen LogP contribution in [0.15, 0.2) is 0 Å². The van der Waals surface area contributed by atoms with Crippen LogP contribution in [0.3, 0.4) is 0 Å². The van der Waals surface area contributed by atoms with Crippen molar-refractivity contribution in [3.8, 4) is 0 Å². The maximum absolute atomic E-state index is 13.0. The predicted octanol–water partition coefficient (Wildman–Crippen LogP) is 2.26. The monoisotopic (exact) mass is 199 g/mol. The maximum atomic E-state index is 13.0. The van der Waals surface area contributed by atoms with Crippen LogP contribution in [-0.2, 0) is 0 Å².